The first-order valence-corrected chi connectivity index (χ1v) is 14.4. The van der Waals surface area contributed by atoms with Crippen molar-refractivity contribution in [3.8, 4) is 0 Å². The molecule has 2 fully saturated rings. The molecule has 1 N–H and O–H groups in total. The van der Waals surface area contributed by atoms with Gasteiger partial charge in [0.2, 0.25) is 11.7 Å². The SMILES string of the molecule is CC(=O)C(=O)C(CC1CC1)NC(=O)C1Cc2ccccc2N1C(=O)C(N=C(C)OC(C)(C)C)C1CCCCC1. The molecule has 1 heterocycles. The van der Waals surface area contributed by atoms with E-state index >= 15 is 0 Å². The second kappa shape index (κ2) is 12.0. The van der Waals surface area contributed by atoms with E-state index in [9.17, 15) is 19.2 Å². The summed E-state index contributed by atoms with van der Waals surface area (Å²) in [6.07, 6.45) is 7.80. The fourth-order valence-corrected chi connectivity index (χ4v) is 5.92. The van der Waals surface area contributed by atoms with Gasteiger partial charge in [-0.15, -0.1) is 0 Å². The van der Waals surface area contributed by atoms with Crippen LogP contribution in [-0.4, -0.2) is 53.0 Å². The average molecular weight is 538 g/mol. The molecule has 3 unspecified atom stereocenters. The maximum atomic E-state index is 14.4. The van der Waals surface area contributed by atoms with Crippen LogP contribution in [0.4, 0.5) is 5.69 Å². The van der Waals surface area contributed by atoms with Gasteiger partial charge in [0, 0.05) is 26.0 Å². The fourth-order valence-electron chi connectivity index (χ4n) is 5.92. The molecule has 0 radical (unpaired) electrons. The van der Waals surface area contributed by atoms with Crippen LogP contribution < -0.4 is 10.2 Å². The Morgan fingerprint density at radius 1 is 1.03 bits per heavy atom. The summed E-state index contributed by atoms with van der Waals surface area (Å²) in [5.74, 6) is -0.922. The van der Waals surface area contributed by atoms with Crippen LogP contribution in [0.2, 0.25) is 0 Å². The van der Waals surface area contributed by atoms with Gasteiger partial charge >= 0.3 is 0 Å². The summed E-state index contributed by atoms with van der Waals surface area (Å²) in [4.78, 5) is 59.1. The van der Waals surface area contributed by atoms with E-state index in [1.54, 1.807) is 11.8 Å². The number of hydrogen-bond acceptors (Lipinski definition) is 6. The molecule has 39 heavy (non-hydrogen) atoms. The van der Waals surface area contributed by atoms with Gasteiger partial charge in [-0.3, -0.25) is 24.1 Å². The molecule has 8 nitrogen and oxygen atoms in total. The Balaban J connectivity index is 1.65. The Morgan fingerprint density at radius 2 is 1.69 bits per heavy atom. The molecule has 0 saturated heterocycles. The van der Waals surface area contributed by atoms with Gasteiger partial charge in [-0.1, -0.05) is 50.3 Å². The number of hydrogen-bond donors (Lipinski definition) is 1. The first-order chi connectivity index (χ1) is 18.4. The van der Waals surface area contributed by atoms with Crippen LogP contribution in [0, 0.1) is 11.8 Å². The van der Waals surface area contributed by atoms with Crippen molar-refractivity contribution in [2.45, 2.75) is 116 Å². The zero-order valence-electron chi connectivity index (χ0n) is 24.0. The highest BCUT2D eigenvalue weighted by atomic mass is 16.5. The summed E-state index contributed by atoms with van der Waals surface area (Å²) in [5.41, 5.74) is 1.15. The second-order valence-corrected chi connectivity index (χ2v) is 12.4. The predicted molar refractivity (Wildman–Crippen MR) is 151 cm³/mol. The summed E-state index contributed by atoms with van der Waals surface area (Å²) in [7, 11) is 0. The van der Waals surface area contributed by atoms with Crippen molar-refractivity contribution in [2.24, 2.45) is 16.8 Å². The minimum absolute atomic E-state index is 0.0585. The van der Waals surface area contributed by atoms with Crippen molar-refractivity contribution >= 4 is 35.0 Å². The van der Waals surface area contributed by atoms with E-state index in [1.807, 2.05) is 45.0 Å². The van der Waals surface area contributed by atoms with Gasteiger partial charge in [0.15, 0.2) is 11.7 Å². The lowest BCUT2D eigenvalue weighted by molar-refractivity contribution is -0.138. The Bertz CT molecular complexity index is 1130. The molecule has 1 aromatic rings. The Kier molecular flexibility index (Phi) is 8.92. The number of anilines is 1. The number of ketones is 2. The molecule has 3 atom stereocenters. The monoisotopic (exact) mass is 537 g/mol. The highest BCUT2D eigenvalue weighted by Gasteiger charge is 2.44. The third-order valence-electron chi connectivity index (χ3n) is 7.89. The third kappa shape index (κ3) is 7.34. The lowest BCUT2D eigenvalue weighted by atomic mass is 9.83. The first kappa shape index (κ1) is 29.0. The van der Waals surface area contributed by atoms with Crippen molar-refractivity contribution in [3.63, 3.8) is 0 Å². The molecule has 0 spiro atoms. The minimum Gasteiger partial charge on any atom is -0.476 e. The van der Waals surface area contributed by atoms with Crippen LogP contribution >= 0.6 is 0 Å². The van der Waals surface area contributed by atoms with Gasteiger partial charge in [0.25, 0.3) is 5.91 Å². The fraction of sp³-hybridized carbons (Fsp3) is 0.645. The number of rotatable bonds is 9. The van der Waals surface area contributed by atoms with Crippen LogP contribution in [0.25, 0.3) is 0 Å². The molecule has 2 saturated carbocycles. The molecule has 4 rings (SSSR count). The van der Waals surface area contributed by atoms with Crippen LogP contribution in [0.3, 0.4) is 0 Å². The van der Waals surface area contributed by atoms with Crippen LogP contribution in [0.5, 0.6) is 0 Å². The second-order valence-electron chi connectivity index (χ2n) is 12.4. The maximum absolute atomic E-state index is 14.4. The van der Waals surface area contributed by atoms with E-state index in [2.05, 4.69) is 5.32 Å². The van der Waals surface area contributed by atoms with E-state index in [1.165, 1.54) is 6.92 Å². The molecule has 8 heteroatoms. The summed E-state index contributed by atoms with van der Waals surface area (Å²) in [6, 6.07) is 5.20. The minimum atomic E-state index is -0.863. The number of carbonyl (C=O) groups excluding carboxylic acids is 4. The smallest absolute Gasteiger partial charge is 0.252 e. The lowest BCUT2D eigenvalue weighted by Crippen LogP contribution is -2.55. The molecule has 0 aromatic heterocycles. The van der Waals surface area contributed by atoms with Crippen molar-refractivity contribution in [2.75, 3.05) is 4.90 Å². The number of fused-ring (bicyclic) bond motifs is 1. The van der Waals surface area contributed by atoms with Gasteiger partial charge < -0.3 is 10.1 Å². The zero-order valence-corrected chi connectivity index (χ0v) is 24.0. The highest BCUT2D eigenvalue weighted by molar-refractivity contribution is 6.38. The largest absolute Gasteiger partial charge is 0.476 e. The van der Waals surface area contributed by atoms with Crippen molar-refractivity contribution in [3.05, 3.63) is 29.8 Å². The van der Waals surface area contributed by atoms with E-state index in [0.717, 1.165) is 50.5 Å². The van der Waals surface area contributed by atoms with Crippen LogP contribution in [0.15, 0.2) is 29.3 Å². The topological polar surface area (TPSA) is 105 Å². The van der Waals surface area contributed by atoms with E-state index in [4.69, 9.17) is 9.73 Å². The first-order valence-electron chi connectivity index (χ1n) is 14.4. The van der Waals surface area contributed by atoms with Crippen molar-refractivity contribution in [1.29, 1.82) is 0 Å². The lowest BCUT2D eigenvalue weighted by Gasteiger charge is -2.33. The molecule has 1 aliphatic heterocycles. The molecule has 1 aromatic carbocycles. The number of nitrogens with one attached hydrogen (secondary N) is 1. The molecule has 2 amide bonds. The van der Waals surface area contributed by atoms with Gasteiger partial charge in [0.1, 0.15) is 17.7 Å². The standard InChI is InChI=1S/C31H43N3O5/c1-19(35)28(36)24(17-21-15-16-21)33-29(37)26-18-23-13-9-10-14-25(23)34(26)30(38)27(22-11-7-6-8-12-22)32-20(2)39-31(3,4)5/h9-10,13-14,21-22,24,26-27H,6-8,11-12,15-18H2,1-5H3,(H,33,37). The van der Waals surface area contributed by atoms with Crippen LogP contribution in [0.1, 0.15) is 91.5 Å². The molecule has 2 aliphatic carbocycles. The number of Topliss-reactive ketones (excluding diaryl/α,β-unsaturated/α-hetero) is 2. The summed E-state index contributed by atoms with van der Waals surface area (Å²) >= 11 is 0. The van der Waals surface area contributed by atoms with E-state index in [0.29, 0.717) is 30.3 Å². The van der Waals surface area contributed by atoms with Gasteiger partial charge in [-0.2, -0.15) is 0 Å². The number of carbonyl (C=O) groups is 4. The number of ether oxygens (including phenoxy) is 1. The van der Waals surface area contributed by atoms with Crippen molar-refractivity contribution < 1.29 is 23.9 Å². The van der Waals surface area contributed by atoms with Gasteiger partial charge in [0.05, 0.1) is 6.04 Å². The van der Waals surface area contributed by atoms with Gasteiger partial charge in [-0.05, 0) is 63.5 Å². The number of aliphatic imine (C=N–C) groups is 1. The zero-order chi connectivity index (χ0) is 28.3. The molecule has 0 bridgehead atoms. The number of nitrogens with zero attached hydrogens (tertiary/aromatic N) is 2. The maximum Gasteiger partial charge on any atom is 0.252 e. The molecular formula is C31H43N3O5. The third-order valence-corrected chi connectivity index (χ3v) is 7.89. The Hall–Kier alpha value is -3.03. The molecular weight excluding hydrogens is 494 g/mol. The van der Waals surface area contributed by atoms with Crippen LogP contribution in [-0.2, 0) is 30.3 Å². The average Bonchev–Trinajstić information content (AvgIpc) is 3.61. The molecule has 212 valence electrons. The normalized spacial score (nSPS) is 21.6. The number of para-hydroxylation sites is 1. The quantitative estimate of drug-likeness (QED) is 0.282. The Morgan fingerprint density at radius 3 is 2.31 bits per heavy atom. The number of amides is 2. The Labute approximate surface area is 232 Å². The van der Waals surface area contributed by atoms with E-state index < -0.39 is 41.2 Å². The summed E-state index contributed by atoms with van der Waals surface area (Å²) < 4.78 is 5.99. The number of benzene rings is 1. The van der Waals surface area contributed by atoms with Gasteiger partial charge in [-0.25, -0.2) is 4.99 Å². The van der Waals surface area contributed by atoms with Crippen molar-refractivity contribution in [1.82, 2.24) is 5.32 Å². The highest BCUT2D eigenvalue weighted by Crippen LogP contribution is 2.37. The molecule has 3 aliphatic rings. The predicted octanol–water partition coefficient (Wildman–Crippen LogP) is 4.57. The summed E-state index contributed by atoms with van der Waals surface area (Å²) in [6.45, 7) is 8.86. The summed E-state index contributed by atoms with van der Waals surface area (Å²) in [5, 5.41) is 2.86. The van der Waals surface area contributed by atoms with E-state index in [-0.39, 0.29) is 11.8 Å².